The molecule has 0 saturated heterocycles. The number of nitrogens with two attached hydrogens (primary N) is 1. The van der Waals surface area contributed by atoms with Crippen molar-refractivity contribution in [2.45, 2.75) is 67.3 Å². The molecule has 113 heavy (non-hydrogen) atoms. The maximum absolute atomic E-state index is 14.7. The number of carbonyl (C=O) groups is 2. The number of pyridine rings is 4. The average molecular weight is 1770 g/mol. The number of nitrogens with zero attached hydrogens (tertiary/aromatic N) is 6. The minimum atomic E-state index is -3.41. The number of thiocarbonyl (C=S) groups is 1. The molecule has 0 saturated carbocycles. The molecule has 13 aromatic rings. The van der Waals surface area contributed by atoms with Gasteiger partial charge in [0, 0.05) is 134 Å². The number of thiophene rings is 4. The Morgan fingerprint density at radius 2 is 0.841 bits per heavy atom. The number of hydrogen-bond acceptors (Lipinski definition) is 27. The van der Waals surface area contributed by atoms with Crippen molar-refractivity contribution in [1.82, 2.24) is 25.3 Å². The Morgan fingerprint density at radius 1 is 0.513 bits per heavy atom. The zero-order chi connectivity index (χ0) is 77.8. The van der Waals surface area contributed by atoms with E-state index in [4.69, 9.17) is 46.8 Å². The van der Waals surface area contributed by atoms with Gasteiger partial charge in [0.25, 0.3) is 17.3 Å². The molecule has 0 aliphatic heterocycles. The fourth-order valence-corrected chi connectivity index (χ4v) is 16.8. The summed E-state index contributed by atoms with van der Waals surface area (Å²) in [6.45, 7) is 1.08. The molecule has 5 N–H and O–H groups in total. The maximum Gasteiger partial charge on any atom is 0.300 e. The van der Waals surface area contributed by atoms with Gasteiger partial charge in [-0.3, -0.25) is 54.0 Å². The number of ether oxygens (including phenoxy) is 4. The minimum absolute atomic E-state index is 0. The molecule has 8 aromatic heterocycles. The molecule has 8 heterocycles. The van der Waals surface area contributed by atoms with Gasteiger partial charge in [-0.2, -0.15) is 0 Å². The van der Waals surface area contributed by atoms with Gasteiger partial charge in [-0.15, -0.1) is 45.3 Å². The molecule has 5 aromatic carbocycles. The van der Waals surface area contributed by atoms with Crippen LogP contribution >= 0.6 is 57.6 Å². The van der Waals surface area contributed by atoms with Crippen LogP contribution in [-0.4, -0.2) is 106 Å². The summed E-state index contributed by atoms with van der Waals surface area (Å²) in [6.07, 6.45) is 10.9. The van der Waals surface area contributed by atoms with Crippen molar-refractivity contribution in [1.29, 1.82) is 0 Å². The Hall–Kier alpha value is -10.6. The first-order chi connectivity index (χ1) is 50.5. The molecule has 0 aliphatic carbocycles. The second-order valence-electron chi connectivity index (χ2n) is 21.8. The molecular weight excluding hydrogens is 1700 g/mol. The SMILES string of the molecule is C.C.C.C.C.CC(=O)O.CS(=O)(=O)c1cc2nccc(Oc3ccc(N)cc3F)c2s1.CS(=O)(=O)c1cc2nccc(Oc3ccc(NC(=S)NC(=O)Cc4ccccc4)cc3F)c2s1.CS(=O)(=O)c1cc2nccc(Oc3ccc([N+](=O)[O-])cc3F)c2s1.CS(=O)c1cc2nccc(Oc3ccc([N+](=O)[O-])cc3F)c2s1.[Fe]. The Balaban J connectivity index is 0.000000382. The van der Waals surface area contributed by atoms with E-state index in [0.717, 1.165) is 102 Å². The van der Waals surface area contributed by atoms with Crippen molar-refractivity contribution < 1.29 is 108 Å². The molecule has 0 spiro atoms. The molecule has 0 aliphatic rings. The number of halogens is 4. The van der Waals surface area contributed by atoms with E-state index in [0.29, 0.717) is 67.9 Å². The van der Waals surface area contributed by atoms with Gasteiger partial charge in [-0.1, -0.05) is 67.5 Å². The Labute approximate surface area is 680 Å². The summed E-state index contributed by atoms with van der Waals surface area (Å²) in [6, 6.07) is 35.8. The van der Waals surface area contributed by atoms with Crippen LogP contribution < -0.4 is 35.3 Å². The number of carboxylic acid groups (broad SMARTS) is 1. The Kier molecular flexibility index (Phi) is 35.7. The zero-order valence-electron chi connectivity index (χ0n) is 55.6. The molecule has 1 unspecified atom stereocenters. The molecule has 1 amide bonds. The van der Waals surface area contributed by atoms with Crippen LogP contribution in [-0.2, 0) is 73.4 Å². The van der Waals surface area contributed by atoms with E-state index in [9.17, 15) is 72.0 Å². The van der Waals surface area contributed by atoms with Gasteiger partial charge in [0.1, 0.15) is 35.6 Å². The van der Waals surface area contributed by atoms with Crippen molar-refractivity contribution in [2.24, 2.45) is 0 Å². The number of non-ortho nitro benzene ring substituents is 2. The van der Waals surface area contributed by atoms with Crippen LogP contribution in [0.4, 0.5) is 40.3 Å². The molecule has 0 radical (unpaired) electrons. The standard InChI is InChI=1S/C23H18FN3O4S3.C14H9FN2O5S2.C14H9FN2O4S2.C14H11FN2O3S2.C2H4O2.5CH4.Fe/c1-34(29,30)21-13-17-22(33-21)19(9-10-25-17)31-18-8-7-15(12-16(18)24)26-23(32)27-20(28)11-14-5-3-2-4-6-14;1-24(20,21)13-7-10-14(23-13)12(4-5-16-10)22-11-3-2-8(17(18)19)6-9(11)15;1-23(20)13-7-10-14(22-13)12(4-5-16-10)21-11-3-2-8(17(18)19)6-9(11)15;1-22(18,19)13-7-10-14(21-13)12(4-5-17-10)20-11-3-2-8(16)6-9(11)15;1-2(3)4;;;;;;/h2-10,12-13H,11H2,1H3,(H2,26,27,28,32);2-7H,1H3;2-7H,1H3;2-7H,16H2,1H3;1H3,(H,3,4);5*1H4;. The fraction of sp³-hybridized carbons (Fsp3) is 0.153. The molecule has 0 fully saturated rings. The molecule has 1 atom stereocenters. The predicted octanol–water partition coefficient (Wildman–Crippen LogP) is 18.6. The first-order valence-corrected chi connectivity index (χ1v) is 40.6. The van der Waals surface area contributed by atoms with Crippen LogP contribution in [0.3, 0.4) is 0 Å². The summed E-state index contributed by atoms with van der Waals surface area (Å²) in [4.78, 5) is 57.5. The van der Waals surface area contributed by atoms with E-state index >= 15 is 0 Å². The summed E-state index contributed by atoms with van der Waals surface area (Å²) >= 11 is 9.39. The normalized spacial score (nSPS) is 10.8. The minimum Gasteiger partial charge on any atom is -0.481 e. The largest absolute Gasteiger partial charge is 0.481 e. The summed E-state index contributed by atoms with van der Waals surface area (Å²) in [5.74, 6) is -3.32. The van der Waals surface area contributed by atoms with E-state index in [1.54, 1.807) is 30.5 Å². The summed E-state index contributed by atoms with van der Waals surface area (Å²) in [5, 5.41) is 34.0. The Morgan fingerprint density at radius 3 is 1.17 bits per heavy atom. The molecule has 41 heteroatoms. The van der Waals surface area contributed by atoms with Crippen molar-refractivity contribution in [3.05, 3.63) is 226 Å². The van der Waals surface area contributed by atoms with Crippen LogP contribution in [0.5, 0.6) is 46.0 Å². The van der Waals surface area contributed by atoms with E-state index in [1.807, 2.05) is 30.3 Å². The molecule has 27 nitrogen and oxygen atoms in total. The first-order valence-electron chi connectivity index (χ1n) is 29.7. The number of carboxylic acids is 1. The van der Waals surface area contributed by atoms with Crippen molar-refractivity contribution in [3.8, 4) is 46.0 Å². The number of rotatable bonds is 17. The third-order valence-corrected chi connectivity index (χ3v) is 25.1. The number of amides is 1. The van der Waals surface area contributed by atoms with Gasteiger partial charge in [-0.25, -0.2) is 42.8 Å². The topological polar surface area (TPSA) is 399 Å². The number of aliphatic carboxylic acids is 1. The second-order valence-corrected chi connectivity index (χ2v) is 34.7. The fourth-order valence-electron chi connectivity index (χ4n) is 8.80. The average Bonchev–Trinajstić information content (AvgIpc) is 1.65. The number of benzene rings is 5. The van der Waals surface area contributed by atoms with Gasteiger partial charge < -0.3 is 40.4 Å². The van der Waals surface area contributed by atoms with Crippen molar-refractivity contribution in [3.63, 3.8) is 0 Å². The van der Waals surface area contributed by atoms with Gasteiger partial charge in [0.2, 0.25) is 5.91 Å². The molecule has 602 valence electrons. The number of nitrogens with one attached hydrogen (secondary N) is 2. The number of anilines is 2. The number of nitro groups is 2. The summed E-state index contributed by atoms with van der Waals surface area (Å²) in [7, 11) is -11.3. The number of aromatic nitrogens is 4. The zero-order valence-corrected chi connectivity index (χ0v) is 64.1. The van der Waals surface area contributed by atoms with Crippen LogP contribution in [0.25, 0.3) is 40.9 Å². The van der Waals surface area contributed by atoms with E-state index in [2.05, 4.69) is 30.6 Å². The third-order valence-electron chi connectivity index (χ3n) is 13.5. The number of nitro benzene ring substituents is 2. The number of carbonyl (C=O) groups excluding carboxylic acids is 1. The third kappa shape index (κ3) is 26.2. The molecule has 13 rings (SSSR count). The Bertz CT molecular complexity index is 6000. The molecule has 0 bridgehead atoms. The van der Waals surface area contributed by atoms with Crippen LogP contribution in [0.15, 0.2) is 193 Å². The summed E-state index contributed by atoms with van der Waals surface area (Å²) in [5.41, 5.74) is 8.13. The van der Waals surface area contributed by atoms with Gasteiger partial charge in [0.05, 0.1) is 84.3 Å². The second kappa shape index (κ2) is 41.8. The monoisotopic (exact) mass is 1770 g/mol. The van der Waals surface area contributed by atoms with Gasteiger partial charge >= 0.3 is 0 Å². The first kappa shape index (κ1) is 96.6. The number of sulfone groups is 3. The molecular formula is C72H71F4FeN9O18S9. The number of hydrogen-bond donors (Lipinski definition) is 4. The van der Waals surface area contributed by atoms with Crippen LogP contribution in [0.2, 0.25) is 0 Å². The van der Waals surface area contributed by atoms with Crippen LogP contribution in [0, 0.1) is 43.5 Å². The quantitative estimate of drug-likeness (QED) is 0.0164. The number of fused-ring (bicyclic) bond motifs is 4. The maximum atomic E-state index is 14.7. The summed E-state index contributed by atoms with van der Waals surface area (Å²) < 4.78 is 164. The van der Waals surface area contributed by atoms with E-state index < -0.39 is 85.1 Å². The van der Waals surface area contributed by atoms with Gasteiger partial charge in [0.15, 0.2) is 80.9 Å². The van der Waals surface area contributed by atoms with Gasteiger partial charge in [-0.05, 0) is 78.4 Å². The van der Waals surface area contributed by atoms with Crippen molar-refractivity contribution in [2.75, 3.05) is 36.1 Å². The smallest absolute Gasteiger partial charge is 0.300 e. The van der Waals surface area contributed by atoms with E-state index in [-0.39, 0.29) is 124 Å². The van der Waals surface area contributed by atoms with E-state index in [1.165, 1.54) is 96.8 Å². The van der Waals surface area contributed by atoms with Crippen molar-refractivity contribution >= 4 is 178 Å². The predicted molar refractivity (Wildman–Crippen MR) is 435 cm³/mol. The number of nitrogen functional groups attached to an aromatic ring is 1. The van der Waals surface area contributed by atoms with Crippen LogP contribution in [0.1, 0.15) is 49.6 Å².